The van der Waals surface area contributed by atoms with Crippen LogP contribution in [0.5, 0.6) is 0 Å². The first-order valence-electron chi connectivity index (χ1n) is 2.76. The Morgan fingerprint density at radius 2 is 1.78 bits per heavy atom. The standard InChI is InChI=1S/C7H7FSi/c1-9-7-4-2-6(8)3-5-7/h2-5H,1H3. The molecule has 1 aromatic rings. The van der Waals surface area contributed by atoms with Crippen LogP contribution in [0.1, 0.15) is 0 Å². The first-order chi connectivity index (χ1) is 4.33. The number of hydrogen-bond donors (Lipinski definition) is 0. The molecule has 9 heavy (non-hydrogen) atoms. The maximum atomic E-state index is 12.2. The van der Waals surface area contributed by atoms with Crippen molar-refractivity contribution in [1.82, 2.24) is 0 Å². The largest absolute Gasteiger partial charge is 0.207 e. The van der Waals surface area contributed by atoms with Crippen molar-refractivity contribution < 1.29 is 4.39 Å². The van der Waals surface area contributed by atoms with E-state index in [-0.39, 0.29) is 5.82 Å². The molecule has 46 valence electrons. The van der Waals surface area contributed by atoms with Gasteiger partial charge in [-0.15, -0.1) is 0 Å². The summed E-state index contributed by atoms with van der Waals surface area (Å²) in [5.41, 5.74) is 0. The van der Waals surface area contributed by atoms with Gasteiger partial charge in [0.2, 0.25) is 0 Å². The second kappa shape index (κ2) is 2.78. The van der Waals surface area contributed by atoms with Gasteiger partial charge in [0.25, 0.3) is 0 Å². The van der Waals surface area contributed by atoms with Gasteiger partial charge in [0.1, 0.15) is 5.82 Å². The van der Waals surface area contributed by atoms with E-state index in [9.17, 15) is 4.39 Å². The van der Waals surface area contributed by atoms with E-state index in [2.05, 4.69) is 6.55 Å². The van der Waals surface area contributed by atoms with E-state index in [0.29, 0.717) is 0 Å². The molecule has 0 saturated carbocycles. The lowest BCUT2D eigenvalue weighted by Gasteiger charge is -1.91. The second-order valence-corrected chi connectivity index (χ2v) is 2.83. The van der Waals surface area contributed by atoms with Gasteiger partial charge in [0, 0.05) is 0 Å². The molecule has 0 N–H and O–H groups in total. The Labute approximate surface area is 56.5 Å². The van der Waals surface area contributed by atoms with E-state index in [1.807, 2.05) is 12.1 Å². The molecule has 2 radical (unpaired) electrons. The summed E-state index contributed by atoms with van der Waals surface area (Å²) in [6.07, 6.45) is 0. The van der Waals surface area contributed by atoms with E-state index in [1.165, 1.54) is 17.3 Å². The Morgan fingerprint density at radius 1 is 1.22 bits per heavy atom. The van der Waals surface area contributed by atoms with Crippen molar-refractivity contribution in [2.75, 3.05) is 0 Å². The van der Waals surface area contributed by atoms with Crippen LogP contribution in [0.4, 0.5) is 4.39 Å². The Kier molecular flexibility index (Phi) is 2.00. The van der Waals surface area contributed by atoms with Crippen molar-refractivity contribution in [3.05, 3.63) is 30.1 Å². The molecule has 1 rings (SSSR count). The van der Waals surface area contributed by atoms with Crippen molar-refractivity contribution in [1.29, 1.82) is 0 Å². The molecule has 0 aromatic heterocycles. The number of benzene rings is 1. The lowest BCUT2D eigenvalue weighted by molar-refractivity contribution is 0.628. The summed E-state index contributed by atoms with van der Waals surface area (Å²) in [5.74, 6) is -0.156. The maximum Gasteiger partial charge on any atom is 0.123 e. The molecule has 0 unspecified atom stereocenters. The third kappa shape index (κ3) is 1.64. The fourth-order valence-electron chi connectivity index (χ4n) is 0.617. The summed E-state index contributed by atoms with van der Waals surface area (Å²) in [7, 11) is 0.760. The molecule has 0 aliphatic heterocycles. The van der Waals surface area contributed by atoms with Crippen LogP contribution < -0.4 is 5.19 Å². The minimum atomic E-state index is -0.156. The Bertz CT molecular complexity index is 181. The summed E-state index contributed by atoms with van der Waals surface area (Å²) in [4.78, 5) is 0. The normalized spacial score (nSPS) is 9.56. The highest BCUT2D eigenvalue weighted by Crippen LogP contribution is 1.90. The number of halogens is 1. The van der Waals surface area contributed by atoms with Gasteiger partial charge in [-0.3, -0.25) is 0 Å². The van der Waals surface area contributed by atoms with Crippen LogP contribution in [0.2, 0.25) is 6.55 Å². The number of hydrogen-bond acceptors (Lipinski definition) is 0. The van der Waals surface area contributed by atoms with E-state index < -0.39 is 0 Å². The summed E-state index contributed by atoms with van der Waals surface area (Å²) >= 11 is 0. The minimum Gasteiger partial charge on any atom is -0.207 e. The van der Waals surface area contributed by atoms with Gasteiger partial charge < -0.3 is 0 Å². The zero-order valence-corrected chi connectivity index (χ0v) is 6.19. The van der Waals surface area contributed by atoms with E-state index in [1.54, 1.807) is 0 Å². The van der Waals surface area contributed by atoms with Crippen LogP contribution in [0, 0.1) is 5.82 Å². The van der Waals surface area contributed by atoms with Crippen LogP contribution in [0.3, 0.4) is 0 Å². The summed E-state index contributed by atoms with van der Waals surface area (Å²) < 4.78 is 12.2. The molecule has 0 atom stereocenters. The molecule has 1 aromatic carbocycles. The molecule has 0 fully saturated rings. The van der Waals surface area contributed by atoms with Crippen molar-refractivity contribution in [3.8, 4) is 0 Å². The number of rotatable bonds is 1. The van der Waals surface area contributed by atoms with E-state index in [0.717, 1.165) is 9.52 Å². The summed E-state index contributed by atoms with van der Waals surface area (Å²) in [6, 6.07) is 6.61. The Hall–Kier alpha value is -0.633. The fraction of sp³-hybridized carbons (Fsp3) is 0.143. The molecule has 0 saturated heterocycles. The zero-order chi connectivity index (χ0) is 6.69. The molecule has 0 heterocycles. The maximum absolute atomic E-state index is 12.2. The highest BCUT2D eigenvalue weighted by molar-refractivity contribution is 6.51. The van der Waals surface area contributed by atoms with E-state index in [4.69, 9.17) is 0 Å². The summed E-state index contributed by atoms with van der Waals surface area (Å²) in [5, 5.41) is 1.20. The molecular weight excluding hydrogens is 131 g/mol. The van der Waals surface area contributed by atoms with Gasteiger partial charge in [0.15, 0.2) is 0 Å². The zero-order valence-electron chi connectivity index (χ0n) is 5.19. The fourth-order valence-corrected chi connectivity index (χ4v) is 1.12. The van der Waals surface area contributed by atoms with Crippen molar-refractivity contribution >= 4 is 14.7 Å². The van der Waals surface area contributed by atoms with Crippen LogP contribution in [-0.4, -0.2) is 9.52 Å². The van der Waals surface area contributed by atoms with Gasteiger partial charge in [-0.05, 0) is 12.1 Å². The molecule has 2 heteroatoms. The molecule has 0 aliphatic carbocycles. The monoisotopic (exact) mass is 138 g/mol. The van der Waals surface area contributed by atoms with Crippen LogP contribution >= 0.6 is 0 Å². The average Bonchev–Trinajstić information content (AvgIpc) is 1.90. The van der Waals surface area contributed by atoms with Crippen LogP contribution in [-0.2, 0) is 0 Å². The quantitative estimate of drug-likeness (QED) is 0.512. The molecule has 0 amide bonds. The first kappa shape index (κ1) is 6.49. The highest BCUT2D eigenvalue weighted by atomic mass is 28.2. The van der Waals surface area contributed by atoms with Gasteiger partial charge in [-0.1, -0.05) is 23.9 Å². The van der Waals surface area contributed by atoms with Crippen molar-refractivity contribution in [2.24, 2.45) is 0 Å². The molecule has 0 aliphatic rings. The van der Waals surface area contributed by atoms with Gasteiger partial charge in [-0.2, -0.15) is 0 Å². The third-order valence-corrected chi connectivity index (χ3v) is 2.04. The van der Waals surface area contributed by atoms with Gasteiger partial charge >= 0.3 is 0 Å². The lowest BCUT2D eigenvalue weighted by atomic mass is 10.3. The predicted octanol–water partition coefficient (Wildman–Crippen LogP) is 1.20. The third-order valence-electron chi connectivity index (χ3n) is 1.13. The van der Waals surface area contributed by atoms with Gasteiger partial charge in [-0.25, -0.2) is 4.39 Å². The Morgan fingerprint density at radius 3 is 2.22 bits per heavy atom. The second-order valence-electron chi connectivity index (χ2n) is 1.76. The van der Waals surface area contributed by atoms with E-state index >= 15 is 0 Å². The predicted molar refractivity (Wildman–Crippen MR) is 37.7 cm³/mol. The smallest absolute Gasteiger partial charge is 0.123 e. The van der Waals surface area contributed by atoms with Crippen molar-refractivity contribution in [2.45, 2.75) is 6.55 Å². The average molecular weight is 138 g/mol. The topological polar surface area (TPSA) is 0 Å². The SMILES string of the molecule is C[Si]c1ccc(F)cc1. The van der Waals surface area contributed by atoms with Crippen LogP contribution in [0.15, 0.2) is 24.3 Å². The minimum absolute atomic E-state index is 0.156. The lowest BCUT2D eigenvalue weighted by Crippen LogP contribution is -2.08. The molecule has 0 spiro atoms. The summed E-state index contributed by atoms with van der Waals surface area (Å²) in [6.45, 7) is 2.08. The highest BCUT2D eigenvalue weighted by Gasteiger charge is 1.88. The van der Waals surface area contributed by atoms with Crippen LogP contribution in [0.25, 0.3) is 0 Å². The van der Waals surface area contributed by atoms with Crippen molar-refractivity contribution in [3.63, 3.8) is 0 Å². The molecule has 0 nitrogen and oxygen atoms in total. The Balaban J connectivity index is 2.88. The first-order valence-corrected chi connectivity index (χ1v) is 4.26. The van der Waals surface area contributed by atoms with Gasteiger partial charge in [0.05, 0.1) is 9.52 Å². The molecular formula is C7H7FSi. The molecule has 0 bridgehead atoms.